The Hall–Kier alpha value is -3.08. The third kappa shape index (κ3) is 4.36. The van der Waals surface area contributed by atoms with Crippen molar-refractivity contribution in [3.63, 3.8) is 0 Å². The molecule has 1 atom stereocenters. The van der Waals surface area contributed by atoms with Gasteiger partial charge in [-0.3, -0.25) is 4.79 Å². The molecule has 1 saturated heterocycles. The highest BCUT2D eigenvalue weighted by Gasteiger charge is 2.32. The first-order chi connectivity index (χ1) is 18.0. The van der Waals surface area contributed by atoms with Crippen LogP contribution in [-0.4, -0.2) is 46.0 Å². The Morgan fingerprint density at radius 1 is 1.08 bits per heavy atom. The van der Waals surface area contributed by atoms with Crippen molar-refractivity contribution in [2.45, 2.75) is 62.8 Å². The number of benzene rings is 2. The number of aryl methyl sites for hydroxylation is 1. The second-order valence-corrected chi connectivity index (χ2v) is 12.6. The molecule has 1 unspecified atom stereocenters. The molecule has 2 aromatic carbocycles. The van der Waals surface area contributed by atoms with Crippen LogP contribution in [0.25, 0.3) is 15.3 Å². The van der Waals surface area contributed by atoms with Gasteiger partial charge in [0.1, 0.15) is 5.82 Å². The van der Waals surface area contributed by atoms with E-state index in [-0.39, 0.29) is 16.8 Å². The van der Waals surface area contributed by atoms with E-state index in [0.29, 0.717) is 23.1 Å². The number of para-hydroxylation sites is 1. The zero-order chi connectivity index (χ0) is 25.6. The van der Waals surface area contributed by atoms with E-state index in [9.17, 15) is 13.2 Å². The third-order valence-electron chi connectivity index (χ3n) is 7.37. The van der Waals surface area contributed by atoms with Gasteiger partial charge in [-0.05, 0) is 74.9 Å². The summed E-state index contributed by atoms with van der Waals surface area (Å²) in [7, 11) is -3.60. The summed E-state index contributed by atoms with van der Waals surface area (Å²) in [5, 5.41) is 8.55. The van der Waals surface area contributed by atoms with Crippen LogP contribution in [0.2, 0.25) is 0 Å². The van der Waals surface area contributed by atoms with Crippen LogP contribution in [0.3, 0.4) is 0 Å². The van der Waals surface area contributed by atoms with Gasteiger partial charge < -0.3 is 5.32 Å². The largest absolute Gasteiger partial charge is 0.306 e. The van der Waals surface area contributed by atoms with Crippen molar-refractivity contribution < 1.29 is 13.2 Å². The Morgan fingerprint density at radius 2 is 1.89 bits per heavy atom. The summed E-state index contributed by atoms with van der Waals surface area (Å²) in [5.41, 5.74) is 3.32. The van der Waals surface area contributed by atoms with Crippen molar-refractivity contribution in [2.75, 3.05) is 11.9 Å². The van der Waals surface area contributed by atoms with Gasteiger partial charge in [-0.15, -0.1) is 0 Å². The Balaban J connectivity index is 1.27. The zero-order valence-corrected chi connectivity index (χ0v) is 22.3. The second-order valence-electron chi connectivity index (χ2n) is 9.66. The average Bonchev–Trinajstić information content (AvgIpc) is 3.64. The molecule has 1 aliphatic carbocycles. The maximum absolute atomic E-state index is 13.3. The molecule has 1 amide bonds. The van der Waals surface area contributed by atoms with Gasteiger partial charge in [0.15, 0.2) is 0 Å². The van der Waals surface area contributed by atoms with Crippen LogP contribution in [0.1, 0.15) is 60.6 Å². The van der Waals surface area contributed by atoms with Crippen molar-refractivity contribution >= 4 is 43.3 Å². The summed E-state index contributed by atoms with van der Waals surface area (Å²) in [6.07, 6.45) is 6.35. The molecule has 2 aliphatic rings. The lowest BCUT2D eigenvalue weighted by molar-refractivity contribution is 0.102. The van der Waals surface area contributed by atoms with Gasteiger partial charge in [0, 0.05) is 23.7 Å². The molecule has 6 rings (SSSR count). The zero-order valence-electron chi connectivity index (χ0n) is 20.7. The SMILES string of the molecule is CCC1CCCCN1S(=O)(=O)c1ccc(C(=O)Nc2c3c(nn2-c2nc4ccccc4s2)CCC3)cc1. The second kappa shape index (κ2) is 9.66. The number of thiazole rings is 1. The minimum absolute atomic E-state index is 0.0339. The first-order valence-corrected chi connectivity index (χ1v) is 15.1. The van der Waals surface area contributed by atoms with Gasteiger partial charge in [0.05, 0.1) is 20.8 Å². The van der Waals surface area contributed by atoms with E-state index >= 15 is 0 Å². The lowest BCUT2D eigenvalue weighted by atomic mass is 10.0. The number of hydrogen-bond donors (Lipinski definition) is 1. The number of carbonyl (C=O) groups is 1. The van der Waals surface area contributed by atoms with Crippen molar-refractivity contribution in [1.82, 2.24) is 19.1 Å². The molecular weight excluding hydrogens is 506 g/mol. The normalized spacial score (nSPS) is 18.2. The van der Waals surface area contributed by atoms with Crippen molar-refractivity contribution in [3.05, 3.63) is 65.4 Å². The number of amides is 1. The molecule has 0 spiro atoms. The van der Waals surface area contributed by atoms with Gasteiger partial charge in [-0.1, -0.05) is 36.8 Å². The van der Waals surface area contributed by atoms with E-state index < -0.39 is 10.0 Å². The number of sulfonamides is 1. The monoisotopic (exact) mass is 535 g/mol. The van der Waals surface area contributed by atoms with E-state index in [4.69, 9.17) is 10.1 Å². The lowest BCUT2D eigenvalue weighted by Crippen LogP contribution is -2.43. The van der Waals surface area contributed by atoms with Gasteiger partial charge in [-0.2, -0.15) is 14.1 Å². The highest BCUT2D eigenvalue weighted by atomic mass is 32.2. The molecule has 1 N–H and O–H groups in total. The highest BCUT2D eigenvalue weighted by Crippen LogP contribution is 2.34. The van der Waals surface area contributed by atoms with Crippen LogP contribution in [0.15, 0.2) is 53.4 Å². The Labute approximate surface area is 220 Å². The summed E-state index contributed by atoms with van der Waals surface area (Å²) in [4.78, 5) is 18.3. The molecule has 37 heavy (non-hydrogen) atoms. The summed E-state index contributed by atoms with van der Waals surface area (Å²) in [6.45, 7) is 2.58. The van der Waals surface area contributed by atoms with Crippen LogP contribution in [0.4, 0.5) is 5.82 Å². The van der Waals surface area contributed by atoms with Crippen LogP contribution < -0.4 is 5.32 Å². The summed E-state index contributed by atoms with van der Waals surface area (Å²) in [5.74, 6) is 0.345. The Morgan fingerprint density at radius 3 is 2.68 bits per heavy atom. The number of nitrogens with zero attached hydrogens (tertiary/aromatic N) is 4. The standard InChI is InChI=1S/C27H29N5O3S2/c1-2-19-8-5-6-17-31(19)37(34,35)20-15-13-18(14-16-20)26(33)29-25-21-9-7-11-22(21)30-32(25)27-28-23-10-3-4-12-24(23)36-27/h3-4,10,12-16,19H,2,5-9,11,17H2,1H3,(H,29,33). The summed E-state index contributed by atoms with van der Waals surface area (Å²) >= 11 is 1.53. The van der Waals surface area contributed by atoms with Crippen LogP contribution in [-0.2, 0) is 22.9 Å². The van der Waals surface area contributed by atoms with E-state index in [0.717, 1.165) is 66.4 Å². The number of piperidine rings is 1. The first kappa shape index (κ1) is 24.3. The van der Waals surface area contributed by atoms with E-state index in [1.165, 1.54) is 11.3 Å². The van der Waals surface area contributed by atoms with Crippen LogP contribution in [0.5, 0.6) is 0 Å². The van der Waals surface area contributed by atoms with Gasteiger partial charge in [0.2, 0.25) is 15.2 Å². The number of anilines is 1. The van der Waals surface area contributed by atoms with Crippen LogP contribution >= 0.6 is 11.3 Å². The minimum Gasteiger partial charge on any atom is -0.306 e. The molecule has 10 heteroatoms. The molecule has 2 aromatic heterocycles. The molecule has 1 aliphatic heterocycles. The van der Waals surface area contributed by atoms with Crippen molar-refractivity contribution in [2.24, 2.45) is 0 Å². The summed E-state index contributed by atoms with van der Waals surface area (Å²) in [6, 6.07) is 14.2. The third-order valence-corrected chi connectivity index (χ3v) is 10.3. The molecule has 0 saturated carbocycles. The van der Waals surface area contributed by atoms with Gasteiger partial charge >= 0.3 is 0 Å². The summed E-state index contributed by atoms with van der Waals surface area (Å²) < 4.78 is 31.0. The molecule has 4 aromatic rings. The first-order valence-electron chi connectivity index (χ1n) is 12.9. The number of rotatable bonds is 6. The number of carbonyl (C=O) groups excluding carboxylic acids is 1. The van der Waals surface area contributed by atoms with E-state index in [1.807, 2.05) is 31.2 Å². The van der Waals surface area contributed by atoms with Crippen molar-refractivity contribution in [1.29, 1.82) is 0 Å². The van der Waals surface area contributed by atoms with E-state index in [1.54, 1.807) is 33.3 Å². The van der Waals surface area contributed by atoms with Crippen LogP contribution in [0, 0.1) is 0 Å². The predicted molar refractivity (Wildman–Crippen MR) is 145 cm³/mol. The fourth-order valence-electron chi connectivity index (χ4n) is 5.40. The molecule has 3 heterocycles. The molecule has 1 fully saturated rings. The average molecular weight is 536 g/mol. The minimum atomic E-state index is -3.60. The molecule has 8 nitrogen and oxygen atoms in total. The van der Waals surface area contributed by atoms with Gasteiger partial charge in [0.25, 0.3) is 5.91 Å². The topological polar surface area (TPSA) is 97.2 Å². The smallest absolute Gasteiger partial charge is 0.256 e. The maximum atomic E-state index is 13.3. The fraction of sp³-hybridized carbons (Fsp3) is 0.370. The van der Waals surface area contributed by atoms with E-state index in [2.05, 4.69) is 5.32 Å². The number of hydrogen-bond acceptors (Lipinski definition) is 6. The maximum Gasteiger partial charge on any atom is 0.256 e. The molecule has 0 radical (unpaired) electrons. The predicted octanol–water partition coefficient (Wildman–Crippen LogP) is 5.18. The molecule has 0 bridgehead atoms. The number of nitrogens with one attached hydrogen (secondary N) is 1. The number of fused-ring (bicyclic) bond motifs is 2. The Bertz CT molecular complexity index is 1540. The molecule has 192 valence electrons. The number of aromatic nitrogens is 3. The lowest BCUT2D eigenvalue weighted by Gasteiger charge is -2.34. The quantitative estimate of drug-likeness (QED) is 0.367. The Kier molecular flexibility index (Phi) is 6.34. The fourth-order valence-corrected chi connectivity index (χ4v) is 8.09. The highest BCUT2D eigenvalue weighted by molar-refractivity contribution is 7.89. The van der Waals surface area contributed by atoms with Gasteiger partial charge in [-0.25, -0.2) is 13.4 Å². The molecular formula is C27H29N5O3S2. The van der Waals surface area contributed by atoms with Crippen molar-refractivity contribution in [3.8, 4) is 5.13 Å².